The fraction of sp³-hybridized carbons (Fsp3) is 0.100. The first-order valence-corrected chi connectivity index (χ1v) is 41.3. The molecular weight excluding hydrogens is 1630 g/mol. The number of hydrogen-bond acceptors (Lipinski definition) is 21. The summed E-state index contributed by atoms with van der Waals surface area (Å²) in [7, 11) is -30.3. The minimum atomic E-state index is -6.28. The van der Waals surface area contributed by atoms with Crippen molar-refractivity contribution in [3.8, 4) is 34.0 Å². The first-order valence-electron chi connectivity index (χ1n) is 27.1. The van der Waals surface area contributed by atoms with E-state index < -0.39 is 185 Å². The van der Waals surface area contributed by atoms with Gasteiger partial charge in [0.05, 0.1) is 0 Å². The van der Waals surface area contributed by atoms with Crippen LogP contribution in [0.4, 0.5) is 65.9 Å². The van der Waals surface area contributed by atoms with Gasteiger partial charge in [-0.15, -0.1) is 68.0 Å². The van der Waals surface area contributed by atoms with Gasteiger partial charge in [-0.1, -0.05) is 127 Å². The highest BCUT2D eigenvalue weighted by molar-refractivity contribution is 7.98. The van der Waals surface area contributed by atoms with Crippen LogP contribution in [0.1, 0.15) is 17.3 Å². The van der Waals surface area contributed by atoms with Gasteiger partial charge in [-0.3, -0.25) is 0 Å². The lowest BCUT2D eigenvalue weighted by Gasteiger charge is -2.18. The standard InChI is InChI=1S/3C20H11F5O5S4/c3*21-19(22,20(23,24)25)18-17(34(28,29)14-9-5-11-32-14)16(33(26,27)13-8-4-10-31-13)15(30-18)12-6-2-1-3-7-12/h3*1-11H. The van der Waals surface area contributed by atoms with Crippen molar-refractivity contribution in [3.05, 3.63) is 213 Å². The summed E-state index contributed by atoms with van der Waals surface area (Å²) in [4.78, 5) is -9.09. The van der Waals surface area contributed by atoms with Crippen LogP contribution in [0, 0.1) is 0 Å². The van der Waals surface area contributed by atoms with E-state index in [-0.39, 0.29) is 16.7 Å². The van der Waals surface area contributed by atoms with E-state index in [2.05, 4.69) is 0 Å². The molecule has 0 fully saturated rings. The van der Waals surface area contributed by atoms with Crippen LogP contribution < -0.4 is 0 Å². The molecule has 12 rings (SSSR count). The van der Waals surface area contributed by atoms with Gasteiger partial charge in [0.1, 0.15) is 54.6 Å². The summed E-state index contributed by atoms with van der Waals surface area (Å²) in [6, 6.07) is 33.5. The minimum Gasteiger partial charge on any atom is -0.451 e. The molecule has 15 nitrogen and oxygen atoms in total. The summed E-state index contributed by atoms with van der Waals surface area (Å²) in [5, 5.41) is 7.73. The van der Waals surface area contributed by atoms with Gasteiger partial charge < -0.3 is 13.3 Å². The van der Waals surface area contributed by atoms with Crippen LogP contribution in [0.2, 0.25) is 0 Å². The third kappa shape index (κ3) is 13.9. The van der Waals surface area contributed by atoms with Crippen LogP contribution in [-0.4, -0.2) is 69.0 Å². The van der Waals surface area contributed by atoms with Gasteiger partial charge in [0.25, 0.3) is 0 Å². The summed E-state index contributed by atoms with van der Waals surface area (Å²) >= 11 is 3.48. The smallest absolute Gasteiger partial charge is 0.451 e. The van der Waals surface area contributed by atoms with Crippen molar-refractivity contribution >= 4 is 127 Å². The van der Waals surface area contributed by atoms with Crippen LogP contribution in [0.3, 0.4) is 0 Å². The van der Waals surface area contributed by atoms with Gasteiger partial charge in [0, 0.05) is 16.7 Å². The van der Waals surface area contributed by atoms with E-state index in [9.17, 15) is 116 Å². The highest BCUT2D eigenvalue weighted by Gasteiger charge is 2.67. The molecule has 42 heteroatoms. The molecule has 0 saturated carbocycles. The van der Waals surface area contributed by atoms with Crippen LogP contribution in [0.5, 0.6) is 0 Å². The minimum absolute atomic E-state index is 0.204. The highest BCUT2D eigenvalue weighted by atomic mass is 32.3. The van der Waals surface area contributed by atoms with Gasteiger partial charge in [0.15, 0.2) is 17.3 Å². The fourth-order valence-electron chi connectivity index (χ4n) is 9.11. The molecule has 0 bridgehead atoms. The monoisotopic (exact) mass is 1660 g/mol. The Balaban J connectivity index is 0.000000165. The number of alkyl halides is 15. The van der Waals surface area contributed by atoms with Gasteiger partial charge in [0.2, 0.25) is 76.3 Å². The second kappa shape index (κ2) is 27.8. The quantitative estimate of drug-likeness (QED) is 0.0725. The summed E-state index contributed by atoms with van der Waals surface area (Å²) in [6.07, 6.45) is -18.8. The van der Waals surface area contributed by atoms with Gasteiger partial charge in [-0.25, -0.2) is 50.5 Å². The molecule has 0 amide bonds. The molecule has 0 atom stereocenters. The van der Waals surface area contributed by atoms with Crippen molar-refractivity contribution in [1.82, 2.24) is 0 Å². The van der Waals surface area contributed by atoms with Crippen LogP contribution >= 0.6 is 68.0 Å². The Morgan fingerprint density at radius 3 is 0.539 bits per heavy atom. The number of thiophene rings is 6. The molecule has 0 N–H and O–H groups in total. The third-order valence-corrected chi connectivity index (χ3v) is 33.3. The van der Waals surface area contributed by atoms with E-state index in [4.69, 9.17) is 13.3 Å². The summed E-state index contributed by atoms with van der Waals surface area (Å²) in [6.45, 7) is 0. The average Bonchev–Trinajstić information content (AvgIpc) is 1.55. The Hall–Kier alpha value is -7.65. The third-order valence-electron chi connectivity index (χ3n) is 13.7. The first-order chi connectivity index (χ1) is 47.4. The van der Waals surface area contributed by atoms with E-state index in [0.29, 0.717) is 68.0 Å². The topological polar surface area (TPSA) is 244 Å². The van der Waals surface area contributed by atoms with Crippen LogP contribution in [0.25, 0.3) is 34.0 Å². The molecule has 102 heavy (non-hydrogen) atoms. The maximum atomic E-state index is 14.7. The molecule has 540 valence electrons. The molecule has 12 aromatic rings. The van der Waals surface area contributed by atoms with E-state index in [0.717, 1.165) is 36.4 Å². The van der Waals surface area contributed by atoms with Crippen molar-refractivity contribution in [3.63, 3.8) is 0 Å². The lowest BCUT2D eigenvalue weighted by Crippen LogP contribution is -2.34. The Morgan fingerprint density at radius 2 is 0.392 bits per heavy atom. The lowest BCUT2D eigenvalue weighted by molar-refractivity contribution is -0.296. The van der Waals surface area contributed by atoms with Crippen LogP contribution in [0.15, 0.2) is 264 Å². The number of halogens is 15. The van der Waals surface area contributed by atoms with Crippen molar-refractivity contribution in [2.45, 2.75) is 90.9 Å². The molecule has 9 aromatic heterocycles. The molecular formula is C60H33F15O15S12. The average molecular weight is 1660 g/mol. The molecule has 0 saturated heterocycles. The molecule has 0 spiro atoms. The Bertz CT molecular complexity index is 5120. The predicted octanol–water partition coefficient (Wildman–Crippen LogP) is 19.2. The van der Waals surface area contributed by atoms with E-state index in [1.807, 2.05) is 0 Å². The number of furan rings is 3. The zero-order valence-electron chi connectivity index (χ0n) is 49.2. The second-order valence-corrected chi connectivity index (χ2v) is 38.5. The molecule has 0 radical (unpaired) electrons. The first kappa shape index (κ1) is 77.0. The molecule has 9 heterocycles. The number of rotatable bonds is 18. The Labute approximate surface area is 590 Å². The summed E-state index contributed by atoms with van der Waals surface area (Å²) < 4.78 is 381. The fourth-order valence-corrected chi connectivity index (χ4v) is 26.5. The van der Waals surface area contributed by atoms with Crippen molar-refractivity contribution in [2.75, 3.05) is 0 Å². The maximum Gasteiger partial charge on any atom is 0.461 e. The molecule has 0 aliphatic rings. The largest absolute Gasteiger partial charge is 0.461 e. The SMILES string of the molecule is O=S(=O)(c1cccs1)c1c(-c2ccccc2)oc(C(F)(F)C(F)(F)F)c1S(=O)(=O)c1cccs1.O=S(=O)(c1cccs1)c1c(-c2ccccc2)oc(C(F)(F)C(F)(F)F)c1S(=O)(=O)c1cccs1.O=S(=O)(c1cccs1)c1c(-c2ccccc2)oc(C(F)(F)C(F)(F)F)c1S(=O)(=O)c1cccs1. The lowest BCUT2D eigenvalue weighted by atomic mass is 10.2. The Kier molecular flexibility index (Phi) is 20.9. The van der Waals surface area contributed by atoms with E-state index >= 15 is 0 Å². The summed E-state index contributed by atoms with van der Waals surface area (Å²) in [5.74, 6) is -27.2. The van der Waals surface area contributed by atoms with E-state index in [1.165, 1.54) is 160 Å². The van der Waals surface area contributed by atoms with Crippen molar-refractivity contribution < 1.29 is 130 Å². The highest BCUT2D eigenvalue weighted by Crippen LogP contribution is 2.57. The van der Waals surface area contributed by atoms with Crippen molar-refractivity contribution in [2.24, 2.45) is 0 Å². The Morgan fingerprint density at radius 1 is 0.225 bits per heavy atom. The van der Waals surface area contributed by atoms with E-state index in [1.54, 1.807) is 0 Å². The number of hydrogen-bond donors (Lipinski definition) is 0. The normalized spacial score (nSPS) is 13.3. The molecule has 0 unspecified atom stereocenters. The maximum absolute atomic E-state index is 14.7. The predicted molar refractivity (Wildman–Crippen MR) is 341 cm³/mol. The van der Waals surface area contributed by atoms with Crippen molar-refractivity contribution in [1.29, 1.82) is 0 Å². The second-order valence-electron chi connectivity index (χ2n) is 20.2. The number of sulfone groups is 6. The molecule has 3 aromatic carbocycles. The van der Waals surface area contributed by atoms with Gasteiger partial charge >= 0.3 is 36.3 Å². The molecule has 0 aliphatic heterocycles. The zero-order chi connectivity index (χ0) is 74.8. The zero-order valence-corrected chi connectivity index (χ0v) is 59.0. The summed E-state index contributed by atoms with van der Waals surface area (Å²) in [5.41, 5.74) is -0.613. The van der Waals surface area contributed by atoms with Gasteiger partial charge in [-0.2, -0.15) is 65.9 Å². The number of benzene rings is 3. The van der Waals surface area contributed by atoms with Crippen LogP contribution in [-0.2, 0) is 76.8 Å². The van der Waals surface area contributed by atoms with Gasteiger partial charge in [-0.05, 0) is 68.7 Å². The molecule has 0 aliphatic carbocycles.